The third-order valence-electron chi connectivity index (χ3n) is 3.29. The van der Waals surface area contributed by atoms with Crippen molar-refractivity contribution in [3.8, 4) is 0 Å². The second-order valence-electron chi connectivity index (χ2n) is 4.92. The minimum Gasteiger partial charge on any atom is -0.326 e. The van der Waals surface area contributed by atoms with E-state index < -0.39 is 0 Å². The summed E-state index contributed by atoms with van der Waals surface area (Å²) in [6.07, 6.45) is 0.772. The van der Waals surface area contributed by atoms with Gasteiger partial charge in [0.1, 0.15) is 0 Å². The van der Waals surface area contributed by atoms with Gasteiger partial charge in [-0.15, -0.1) is 11.3 Å². The predicted molar refractivity (Wildman–Crippen MR) is 91.8 cm³/mol. The smallest absolute Gasteiger partial charge is 0.265 e. The molecule has 2 N–H and O–H groups in total. The number of carbonyl (C=O) groups excluding carboxylic acids is 2. The Morgan fingerprint density at radius 3 is 2.64 bits per heavy atom. The first-order chi connectivity index (χ1) is 10.5. The van der Waals surface area contributed by atoms with Crippen molar-refractivity contribution in [3.05, 3.63) is 45.6 Å². The maximum atomic E-state index is 12.0. The van der Waals surface area contributed by atoms with Crippen LogP contribution in [0, 0.1) is 5.92 Å². The molecule has 2 amide bonds. The molecule has 2 aromatic rings. The molecule has 1 atom stereocenters. The summed E-state index contributed by atoms with van der Waals surface area (Å²) in [4.78, 5) is 24.5. The van der Waals surface area contributed by atoms with Crippen LogP contribution in [0.15, 0.2) is 35.7 Å². The summed E-state index contributed by atoms with van der Waals surface area (Å²) in [5.74, 6) is -0.306. The van der Waals surface area contributed by atoms with Crippen molar-refractivity contribution in [2.75, 3.05) is 10.6 Å². The summed E-state index contributed by atoms with van der Waals surface area (Å²) in [6, 6.07) is 8.59. The number of anilines is 2. The predicted octanol–water partition coefficient (Wildman–Crippen LogP) is 4.64. The van der Waals surface area contributed by atoms with Gasteiger partial charge in [-0.2, -0.15) is 0 Å². The molecule has 1 aromatic carbocycles. The largest absolute Gasteiger partial charge is 0.326 e. The lowest BCUT2D eigenvalue weighted by Crippen LogP contribution is -2.19. The Hall–Kier alpha value is -1.85. The van der Waals surface area contributed by atoms with Gasteiger partial charge in [-0.3, -0.25) is 9.59 Å². The van der Waals surface area contributed by atoms with E-state index in [1.807, 2.05) is 25.3 Å². The van der Waals surface area contributed by atoms with Crippen LogP contribution in [-0.4, -0.2) is 11.8 Å². The normalized spacial score (nSPS) is 11.8. The van der Waals surface area contributed by atoms with E-state index in [1.54, 1.807) is 24.3 Å². The van der Waals surface area contributed by atoms with Crippen LogP contribution in [0.4, 0.5) is 11.4 Å². The maximum Gasteiger partial charge on any atom is 0.265 e. The van der Waals surface area contributed by atoms with Crippen molar-refractivity contribution in [1.29, 1.82) is 0 Å². The highest BCUT2D eigenvalue weighted by atomic mass is 35.5. The number of benzene rings is 1. The quantitative estimate of drug-likeness (QED) is 0.835. The molecule has 6 heteroatoms. The molecule has 0 spiro atoms. The van der Waals surface area contributed by atoms with Crippen molar-refractivity contribution < 1.29 is 9.59 Å². The summed E-state index contributed by atoms with van der Waals surface area (Å²) in [6.45, 7) is 3.83. The van der Waals surface area contributed by atoms with E-state index >= 15 is 0 Å². The van der Waals surface area contributed by atoms with Gasteiger partial charge in [-0.1, -0.05) is 31.5 Å². The molecule has 22 heavy (non-hydrogen) atoms. The Bertz CT molecular complexity index is 671. The highest BCUT2D eigenvalue weighted by Gasteiger charge is 2.13. The van der Waals surface area contributed by atoms with Crippen molar-refractivity contribution in [2.24, 2.45) is 5.92 Å². The number of halogens is 1. The standard InChI is InChI=1S/C16H17ClN2O2S/c1-3-10(2)15(20)18-11-6-7-13(12(17)9-11)19-16(21)14-5-4-8-22-14/h4-10H,3H2,1-2H3,(H,18,20)(H,19,21)/t10-/m0/s1. The molecule has 0 saturated heterocycles. The zero-order chi connectivity index (χ0) is 16.1. The minimum absolute atomic E-state index is 0.0473. The third kappa shape index (κ3) is 4.08. The molecule has 0 aliphatic carbocycles. The van der Waals surface area contributed by atoms with Gasteiger partial charge in [0.25, 0.3) is 5.91 Å². The van der Waals surface area contributed by atoms with Crippen LogP contribution in [0.25, 0.3) is 0 Å². The Kier molecular flexibility index (Phi) is 5.57. The summed E-state index contributed by atoms with van der Waals surface area (Å²) < 4.78 is 0. The Balaban J connectivity index is 2.06. The Morgan fingerprint density at radius 2 is 2.05 bits per heavy atom. The summed E-state index contributed by atoms with van der Waals surface area (Å²) in [7, 11) is 0. The summed E-state index contributed by atoms with van der Waals surface area (Å²) in [5.41, 5.74) is 1.13. The van der Waals surface area contributed by atoms with Crippen molar-refractivity contribution in [1.82, 2.24) is 0 Å². The van der Waals surface area contributed by atoms with Crippen molar-refractivity contribution in [2.45, 2.75) is 20.3 Å². The van der Waals surface area contributed by atoms with Crippen molar-refractivity contribution >= 4 is 46.1 Å². The van der Waals surface area contributed by atoms with Crippen LogP contribution in [0.2, 0.25) is 5.02 Å². The van der Waals surface area contributed by atoms with Gasteiger partial charge in [0.15, 0.2) is 0 Å². The fourth-order valence-corrected chi connectivity index (χ4v) is 2.58. The average Bonchev–Trinajstić information content (AvgIpc) is 3.03. The summed E-state index contributed by atoms with van der Waals surface area (Å²) >= 11 is 7.53. The molecule has 1 aromatic heterocycles. The monoisotopic (exact) mass is 336 g/mol. The number of hydrogen-bond acceptors (Lipinski definition) is 3. The van der Waals surface area contributed by atoms with Gasteiger partial charge in [-0.25, -0.2) is 0 Å². The van der Waals surface area contributed by atoms with E-state index in [0.29, 0.717) is 21.3 Å². The lowest BCUT2D eigenvalue weighted by Gasteiger charge is -2.12. The number of hydrogen-bond donors (Lipinski definition) is 2. The molecule has 0 unspecified atom stereocenters. The first kappa shape index (κ1) is 16.5. The van der Waals surface area contributed by atoms with Crippen LogP contribution in [0.5, 0.6) is 0 Å². The number of rotatable bonds is 5. The first-order valence-electron chi connectivity index (χ1n) is 6.96. The van der Waals surface area contributed by atoms with E-state index in [4.69, 9.17) is 11.6 Å². The van der Waals surface area contributed by atoms with Gasteiger partial charge in [0.05, 0.1) is 15.6 Å². The van der Waals surface area contributed by atoms with Crippen LogP contribution in [0.1, 0.15) is 29.9 Å². The van der Waals surface area contributed by atoms with E-state index in [-0.39, 0.29) is 17.7 Å². The molecule has 0 radical (unpaired) electrons. The Morgan fingerprint density at radius 1 is 1.27 bits per heavy atom. The number of carbonyl (C=O) groups is 2. The highest BCUT2D eigenvalue weighted by molar-refractivity contribution is 7.12. The molecule has 0 fully saturated rings. The second kappa shape index (κ2) is 7.42. The van der Waals surface area contributed by atoms with Gasteiger partial charge in [-0.05, 0) is 36.1 Å². The fourth-order valence-electron chi connectivity index (χ4n) is 1.74. The van der Waals surface area contributed by atoms with Crippen molar-refractivity contribution in [3.63, 3.8) is 0 Å². The molecule has 0 bridgehead atoms. The number of thiophene rings is 1. The first-order valence-corrected chi connectivity index (χ1v) is 8.22. The van der Waals surface area contributed by atoms with Gasteiger partial charge in [0.2, 0.25) is 5.91 Å². The third-order valence-corrected chi connectivity index (χ3v) is 4.47. The molecule has 4 nitrogen and oxygen atoms in total. The number of amides is 2. The van der Waals surface area contributed by atoms with Crippen LogP contribution < -0.4 is 10.6 Å². The lowest BCUT2D eigenvalue weighted by molar-refractivity contribution is -0.119. The maximum absolute atomic E-state index is 12.0. The fraction of sp³-hybridized carbons (Fsp3) is 0.250. The number of nitrogens with one attached hydrogen (secondary N) is 2. The zero-order valence-electron chi connectivity index (χ0n) is 12.4. The summed E-state index contributed by atoms with van der Waals surface area (Å²) in [5, 5.41) is 7.78. The molecule has 0 saturated carbocycles. The highest BCUT2D eigenvalue weighted by Crippen LogP contribution is 2.26. The average molecular weight is 337 g/mol. The van der Waals surface area contributed by atoms with Crippen LogP contribution >= 0.6 is 22.9 Å². The molecule has 0 aliphatic heterocycles. The van der Waals surface area contributed by atoms with E-state index in [1.165, 1.54) is 11.3 Å². The van der Waals surface area contributed by atoms with Crippen LogP contribution in [-0.2, 0) is 4.79 Å². The lowest BCUT2D eigenvalue weighted by atomic mass is 10.1. The van der Waals surface area contributed by atoms with E-state index in [2.05, 4.69) is 10.6 Å². The van der Waals surface area contributed by atoms with E-state index in [0.717, 1.165) is 6.42 Å². The van der Waals surface area contributed by atoms with Gasteiger partial charge < -0.3 is 10.6 Å². The molecular formula is C16H17ClN2O2S. The molecular weight excluding hydrogens is 320 g/mol. The van der Waals surface area contributed by atoms with Gasteiger partial charge >= 0.3 is 0 Å². The molecule has 1 heterocycles. The zero-order valence-corrected chi connectivity index (χ0v) is 13.9. The molecule has 2 rings (SSSR count). The second-order valence-corrected chi connectivity index (χ2v) is 6.28. The van der Waals surface area contributed by atoms with Gasteiger partial charge in [0, 0.05) is 11.6 Å². The SMILES string of the molecule is CC[C@H](C)C(=O)Nc1ccc(NC(=O)c2cccs2)c(Cl)c1. The molecule has 0 aliphatic rings. The molecule has 116 valence electrons. The Labute approximate surface area is 138 Å². The van der Waals surface area contributed by atoms with Crippen LogP contribution in [0.3, 0.4) is 0 Å². The minimum atomic E-state index is -0.201. The topological polar surface area (TPSA) is 58.2 Å². The van der Waals surface area contributed by atoms with E-state index in [9.17, 15) is 9.59 Å².